The molecule has 1 unspecified atom stereocenters. The van der Waals surface area contributed by atoms with E-state index in [-0.39, 0.29) is 5.75 Å². The Bertz CT molecular complexity index is 239. The van der Waals surface area contributed by atoms with E-state index in [0.717, 1.165) is 6.26 Å². The topological polar surface area (TPSA) is 67.2 Å². The Morgan fingerprint density at radius 3 is 2.45 bits per heavy atom. The van der Waals surface area contributed by atoms with Crippen molar-refractivity contribution in [2.45, 2.75) is 13.0 Å². The highest BCUT2D eigenvalue weighted by molar-refractivity contribution is 7.90. The highest BCUT2D eigenvalue weighted by atomic mass is 32.2. The van der Waals surface area contributed by atoms with E-state index < -0.39 is 15.9 Å². The summed E-state index contributed by atoms with van der Waals surface area (Å²) in [6.45, 7) is 2.07. The van der Waals surface area contributed by atoms with Gasteiger partial charge in [0.05, 0.1) is 11.8 Å². The number of nitriles is 1. The van der Waals surface area contributed by atoms with E-state index in [9.17, 15) is 8.42 Å². The molecule has 0 spiro atoms. The average Bonchev–Trinajstić information content (AvgIpc) is 1.84. The second-order valence-electron chi connectivity index (χ2n) is 2.17. The van der Waals surface area contributed by atoms with Gasteiger partial charge in [-0.3, -0.25) is 0 Å². The summed E-state index contributed by atoms with van der Waals surface area (Å²) in [4.78, 5) is 0. The predicted octanol–water partition coefficient (Wildman–Crippen LogP) is -0.0403. The molecule has 0 rings (SSSR count). The fourth-order valence-corrected chi connectivity index (χ4v) is 1.32. The number of rotatable bonds is 4. The summed E-state index contributed by atoms with van der Waals surface area (Å²) < 4.78 is 26.1. The maximum Gasteiger partial charge on any atom is 0.157 e. The van der Waals surface area contributed by atoms with Gasteiger partial charge in [0.25, 0.3) is 0 Å². The van der Waals surface area contributed by atoms with Crippen LogP contribution in [0.4, 0.5) is 0 Å². The Morgan fingerprint density at radius 1 is 1.64 bits per heavy atom. The molecule has 0 aromatic heterocycles. The Labute approximate surface area is 66.7 Å². The van der Waals surface area contributed by atoms with Crippen molar-refractivity contribution in [1.29, 1.82) is 5.26 Å². The molecule has 0 N–H and O–H groups in total. The molecule has 0 aliphatic heterocycles. The molecule has 0 bridgehead atoms. The maximum atomic E-state index is 10.6. The Kier molecular flexibility index (Phi) is 4.08. The van der Waals surface area contributed by atoms with Crippen LogP contribution in [-0.2, 0) is 14.6 Å². The summed E-state index contributed by atoms with van der Waals surface area (Å²) in [5, 5.41) is 8.38. The SMILES string of the molecule is CCOC(C#N)CS(C)(=O)=O. The van der Waals surface area contributed by atoms with Gasteiger partial charge < -0.3 is 4.74 Å². The van der Waals surface area contributed by atoms with Gasteiger partial charge in [-0.25, -0.2) is 8.42 Å². The zero-order valence-electron chi connectivity index (χ0n) is 6.57. The van der Waals surface area contributed by atoms with Crippen molar-refractivity contribution in [2.75, 3.05) is 18.6 Å². The van der Waals surface area contributed by atoms with Crippen LogP contribution in [0.3, 0.4) is 0 Å². The normalized spacial score (nSPS) is 13.9. The second-order valence-corrected chi connectivity index (χ2v) is 4.35. The van der Waals surface area contributed by atoms with Crippen molar-refractivity contribution >= 4 is 9.84 Å². The van der Waals surface area contributed by atoms with Crippen LogP contribution in [0.5, 0.6) is 0 Å². The van der Waals surface area contributed by atoms with Crippen LogP contribution in [0.1, 0.15) is 6.92 Å². The van der Waals surface area contributed by atoms with E-state index in [4.69, 9.17) is 10.00 Å². The summed E-state index contributed by atoms with van der Waals surface area (Å²) in [6, 6.07) is 1.76. The third-order valence-electron chi connectivity index (χ3n) is 0.966. The Morgan fingerprint density at radius 2 is 2.18 bits per heavy atom. The third kappa shape index (κ3) is 5.83. The quantitative estimate of drug-likeness (QED) is 0.604. The van der Waals surface area contributed by atoms with E-state index in [2.05, 4.69) is 0 Å². The summed E-state index contributed by atoms with van der Waals surface area (Å²) in [5.41, 5.74) is 0. The molecule has 0 saturated carbocycles. The van der Waals surface area contributed by atoms with Crippen molar-refractivity contribution < 1.29 is 13.2 Å². The predicted molar refractivity (Wildman–Crippen MR) is 40.7 cm³/mol. The van der Waals surface area contributed by atoms with Crippen LogP contribution in [0.15, 0.2) is 0 Å². The molecular formula is C6H11NO3S. The molecule has 4 nitrogen and oxygen atoms in total. The lowest BCUT2D eigenvalue weighted by Gasteiger charge is -2.05. The van der Waals surface area contributed by atoms with Crippen LogP contribution in [-0.4, -0.2) is 33.1 Å². The Balaban J connectivity index is 4.02. The zero-order valence-corrected chi connectivity index (χ0v) is 7.39. The first-order valence-electron chi connectivity index (χ1n) is 3.18. The van der Waals surface area contributed by atoms with Gasteiger partial charge >= 0.3 is 0 Å². The monoisotopic (exact) mass is 177 g/mol. The van der Waals surface area contributed by atoms with E-state index in [0.29, 0.717) is 6.61 Å². The lowest BCUT2D eigenvalue weighted by molar-refractivity contribution is 0.116. The molecule has 0 aromatic rings. The molecular weight excluding hydrogens is 166 g/mol. The molecule has 5 heteroatoms. The molecule has 64 valence electrons. The van der Waals surface area contributed by atoms with Crippen molar-refractivity contribution in [3.8, 4) is 6.07 Å². The van der Waals surface area contributed by atoms with Crippen LogP contribution in [0, 0.1) is 11.3 Å². The van der Waals surface area contributed by atoms with Crippen LogP contribution < -0.4 is 0 Å². The molecule has 0 aliphatic rings. The molecule has 0 heterocycles. The van der Waals surface area contributed by atoms with Crippen molar-refractivity contribution in [3.05, 3.63) is 0 Å². The molecule has 0 saturated heterocycles. The van der Waals surface area contributed by atoms with Crippen LogP contribution >= 0.6 is 0 Å². The van der Waals surface area contributed by atoms with E-state index in [1.165, 1.54) is 0 Å². The Hall–Kier alpha value is -0.600. The van der Waals surface area contributed by atoms with Crippen LogP contribution in [0.2, 0.25) is 0 Å². The van der Waals surface area contributed by atoms with Gasteiger partial charge in [0, 0.05) is 12.9 Å². The number of ether oxygens (including phenoxy) is 1. The fraction of sp³-hybridized carbons (Fsp3) is 0.833. The minimum atomic E-state index is -3.11. The number of hydrogen-bond donors (Lipinski definition) is 0. The first-order valence-corrected chi connectivity index (χ1v) is 5.24. The van der Waals surface area contributed by atoms with Crippen molar-refractivity contribution in [3.63, 3.8) is 0 Å². The highest BCUT2D eigenvalue weighted by Crippen LogP contribution is 1.94. The van der Waals surface area contributed by atoms with Crippen LogP contribution in [0.25, 0.3) is 0 Å². The van der Waals surface area contributed by atoms with Gasteiger partial charge in [0.2, 0.25) is 0 Å². The molecule has 0 amide bonds. The molecule has 1 atom stereocenters. The molecule has 0 radical (unpaired) electrons. The summed E-state index contributed by atoms with van der Waals surface area (Å²) in [6.07, 6.45) is 0.256. The first-order chi connectivity index (χ1) is 4.99. The van der Waals surface area contributed by atoms with Gasteiger partial charge in [-0.1, -0.05) is 0 Å². The van der Waals surface area contributed by atoms with Gasteiger partial charge in [0.15, 0.2) is 15.9 Å². The van der Waals surface area contributed by atoms with Gasteiger partial charge in [-0.15, -0.1) is 0 Å². The number of hydrogen-bond acceptors (Lipinski definition) is 4. The van der Waals surface area contributed by atoms with Crippen molar-refractivity contribution in [2.24, 2.45) is 0 Å². The summed E-state index contributed by atoms with van der Waals surface area (Å²) >= 11 is 0. The molecule has 11 heavy (non-hydrogen) atoms. The molecule has 0 fully saturated rings. The number of sulfone groups is 1. The third-order valence-corrected chi connectivity index (χ3v) is 1.87. The second kappa shape index (κ2) is 4.31. The lowest BCUT2D eigenvalue weighted by Crippen LogP contribution is -2.21. The lowest BCUT2D eigenvalue weighted by atomic mass is 10.4. The summed E-state index contributed by atoms with van der Waals surface area (Å²) in [7, 11) is -3.11. The van der Waals surface area contributed by atoms with Gasteiger partial charge in [-0.05, 0) is 6.92 Å². The first kappa shape index (κ1) is 10.4. The average molecular weight is 177 g/mol. The van der Waals surface area contributed by atoms with E-state index in [1.807, 2.05) is 0 Å². The van der Waals surface area contributed by atoms with E-state index >= 15 is 0 Å². The zero-order chi connectivity index (χ0) is 8.91. The summed E-state index contributed by atoms with van der Waals surface area (Å²) in [5.74, 6) is -0.225. The molecule has 0 aromatic carbocycles. The van der Waals surface area contributed by atoms with E-state index in [1.54, 1.807) is 13.0 Å². The number of nitrogens with zero attached hydrogens (tertiary/aromatic N) is 1. The fourth-order valence-electron chi connectivity index (χ4n) is 0.599. The minimum Gasteiger partial charge on any atom is -0.362 e. The molecule has 0 aliphatic carbocycles. The van der Waals surface area contributed by atoms with Gasteiger partial charge in [0.1, 0.15) is 0 Å². The standard InChI is InChI=1S/C6H11NO3S/c1-3-10-6(4-7)5-11(2,8)9/h6H,3,5H2,1-2H3. The van der Waals surface area contributed by atoms with Gasteiger partial charge in [-0.2, -0.15) is 5.26 Å². The van der Waals surface area contributed by atoms with Crippen molar-refractivity contribution in [1.82, 2.24) is 0 Å². The highest BCUT2D eigenvalue weighted by Gasteiger charge is 2.13. The maximum absolute atomic E-state index is 10.6. The largest absolute Gasteiger partial charge is 0.362 e. The smallest absolute Gasteiger partial charge is 0.157 e. The minimum absolute atomic E-state index is 0.225.